The molecule has 7 nitrogen and oxygen atoms in total. The smallest absolute Gasteiger partial charge is 0.254 e. The Morgan fingerprint density at radius 3 is 2.60 bits per heavy atom. The summed E-state index contributed by atoms with van der Waals surface area (Å²) in [5, 5.41) is 0. The lowest BCUT2D eigenvalue weighted by Gasteiger charge is -2.28. The van der Waals surface area contributed by atoms with Gasteiger partial charge < -0.3 is 14.8 Å². The van der Waals surface area contributed by atoms with Gasteiger partial charge >= 0.3 is 0 Å². The molecule has 2 aliphatic heterocycles. The molecule has 0 spiro atoms. The summed E-state index contributed by atoms with van der Waals surface area (Å²) >= 11 is 0. The van der Waals surface area contributed by atoms with Gasteiger partial charge in [-0.15, -0.1) is 0 Å². The fourth-order valence-electron chi connectivity index (χ4n) is 5.42. The van der Waals surface area contributed by atoms with Gasteiger partial charge in [0, 0.05) is 43.5 Å². The van der Waals surface area contributed by atoms with Crippen molar-refractivity contribution in [2.45, 2.75) is 76.7 Å². The first-order chi connectivity index (χ1) is 14.6. The average Bonchev–Trinajstić information content (AvgIpc) is 3.25. The molecule has 0 radical (unpaired) electrons. The largest absolute Gasteiger partial charge is 0.342 e. The molecule has 162 valence electrons. The highest BCUT2D eigenvalue weighted by Crippen LogP contribution is 2.33. The Labute approximate surface area is 177 Å². The van der Waals surface area contributed by atoms with E-state index in [0.717, 1.165) is 49.4 Å². The Morgan fingerprint density at radius 1 is 1.03 bits per heavy atom. The van der Waals surface area contributed by atoms with Gasteiger partial charge in [-0.1, -0.05) is 25.7 Å². The monoisotopic (exact) mass is 412 g/mol. The van der Waals surface area contributed by atoms with E-state index < -0.39 is 0 Å². The van der Waals surface area contributed by atoms with Crippen LogP contribution in [0.3, 0.4) is 0 Å². The molecule has 1 saturated heterocycles. The molecule has 1 aromatic heterocycles. The van der Waals surface area contributed by atoms with Crippen molar-refractivity contribution in [3.05, 3.63) is 27.4 Å². The van der Waals surface area contributed by atoms with Gasteiger partial charge in [-0.2, -0.15) is 0 Å². The van der Waals surface area contributed by atoms with E-state index in [4.69, 9.17) is 4.98 Å². The number of likely N-dealkylation sites (tertiary alicyclic amines) is 1. The highest BCUT2D eigenvalue weighted by atomic mass is 16.2. The van der Waals surface area contributed by atoms with Crippen LogP contribution in [-0.2, 0) is 22.6 Å². The molecule has 0 aromatic carbocycles. The van der Waals surface area contributed by atoms with Gasteiger partial charge in [0.2, 0.25) is 11.8 Å². The maximum atomic E-state index is 12.7. The van der Waals surface area contributed by atoms with Crippen molar-refractivity contribution in [2.24, 2.45) is 11.8 Å². The zero-order valence-electron chi connectivity index (χ0n) is 17.7. The number of carbonyl (C=O) groups is 2. The summed E-state index contributed by atoms with van der Waals surface area (Å²) < 4.78 is 0. The number of fused-ring (bicyclic) bond motifs is 1. The molecule has 0 bridgehead atoms. The zero-order chi connectivity index (χ0) is 20.7. The predicted octanol–water partition coefficient (Wildman–Crippen LogP) is 2.35. The van der Waals surface area contributed by atoms with E-state index in [1.165, 1.54) is 25.7 Å². The number of hydrogen-bond acceptors (Lipinski definition) is 4. The lowest BCUT2D eigenvalue weighted by atomic mass is 10.0. The van der Waals surface area contributed by atoms with Gasteiger partial charge in [0.25, 0.3) is 5.56 Å². The Balaban J connectivity index is 1.23. The second-order valence-electron chi connectivity index (χ2n) is 9.67. The Kier molecular flexibility index (Phi) is 5.37. The third-order valence-electron chi connectivity index (χ3n) is 7.50. The van der Waals surface area contributed by atoms with Crippen LogP contribution in [0.4, 0.5) is 0 Å². The molecule has 30 heavy (non-hydrogen) atoms. The van der Waals surface area contributed by atoms with Crippen LogP contribution in [0.5, 0.6) is 0 Å². The minimum Gasteiger partial charge on any atom is -0.342 e. The number of nitrogens with one attached hydrogen (secondary N) is 1. The highest BCUT2D eigenvalue weighted by Gasteiger charge is 2.36. The van der Waals surface area contributed by atoms with E-state index in [1.807, 2.05) is 9.80 Å². The van der Waals surface area contributed by atoms with Crippen molar-refractivity contribution in [1.82, 2.24) is 19.8 Å². The minimum atomic E-state index is -0.0699. The molecule has 1 N–H and O–H groups in total. The van der Waals surface area contributed by atoms with Crippen molar-refractivity contribution in [1.29, 1.82) is 0 Å². The molecule has 2 saturated carbocycles. The van der Waals surface area contributed by atoms with Crippen molar-refractivity contribution < 1.29 is 9.59 Å². The molecule has 1 atom stereocenters. The molecular weight excluding hydrogens is 380 g/mol. The van der Waals surface area contributed by atoms with Crippen LogP contribution in [0.15, 0.2) is 4.79 Å². The average molecular weight is 413 g/mol. The zero-order valence-corrected chi connectivity index (χ0v) is 17.7. The molecule has 0 unspecified atom stereocenters. The Bertz CT molecular complexity index is 885. The number of rotatable bonds is 5. The third-order valence-corrected chi connectivity index (χ3v) is 7.50. The van der Waals surface area contributed by atoms with E-state index in [1.54, 1.807) is 0 Å². The van der Waals surface area contributed by atoms with Gasteiger partial charge in [0.05, 0.1) is 12.2 Å². The second-order valence-corrected chi connectivity index (χ2v) is 9.67. The molecule has 1 aromatic rings. The predicted molar refractivity (Wildman–Crippen MR) is 112 cm³/mol. The maximum Gasteiger partial charge on any atom is 0.254 e. The van der Waals surface area contributed by atoms with Gasteiger partial charge in [0.15, 0.2) is 0 Å². The first kappa shape index (κ1) is 19.8. The standard InChI is InChI=1S/C23H32N4O3/c28-20(8-5-15-3-1-2-4-15)26-11-9-17(13-26)21-24-19-14-27(23(30)16-6-7-16)12-10-18(19)22(29)25-21/h15-17H,1-14H2,(H,24,25,29)/t17-/m1/s1. The lowest BCUT2D eigenvalue weighted by molar-refractivity contribution is -0.133. The number of aromatic amines is 1. The highest BCUT2D eigenvalue weighted by molar-refractivity contribution is 5.81. The lowest BCUT2D eigenvalue weighted by Crippen LogP contribution is -2.40. The Hall–Kier alpha value is -2.18. The van der Waals surface area contributed by atoms with Gasteiger partial charge in [-0.05, 0) is 38.0 Å². The van der Waals surface area contributed by atoms with Gasteiger partial charge in [0.1, 0.15) is 5.82 Å². The van der Waals surface area contributed by atoms with Crippen molar-refractivity contribution in [3.8, 4) is 0 Å². The normalized spacial score (nSPS) is 24.3. The first-order valence-corrected chi connectivity index (χ1v) is 11.8. The number of hydrogen-bond donors (Lipinski definition) is 1. The first-order valence-electron chi connectivity index (χ1n) is 11.8. The van der Waals surface area contributed by atoms with Crippen LogP contribution >= 0.6 is 0 Å². The van der Waals surface area contributed by atoms with Crippen LogP contribution < -0.4 is 5.56 Å². The number of aromatic nitrogens is 2. The van der Waals surface area contributed by atoms with Crippen LogP contribution in [-0.4, -0.2) is 51.2 Å². The van der Waals surface area contributed by atoms with Crippen LogP contribution in [0.25, 0.3) is 0 Å². The summed E-state index contributed by atoms with van der Waals surface area (Å²) in [5.74, 6) is 2.13. The molecule has 4 aliphatic rings. The number of H-pyrrole nitrogens is 1. The van der Waals surface area contributed by atoms with Crippen molar-refractivity contribution in [2.75, 3.05) is 19.6 Å². The fourth-order valence-corrected chi connectivity index (χ4v) is 5.42. The molecular formula is C23H32N4O3. The summed E-state index contributed by atoms with van der Waals surface area (Å²) in [6.45, 7) is 2.43. The van der Waals surface area contributed by atoms with Crippen molar-refractivity contribution >= 4 is 11.8 Å². The second kappa shape index (κ2) is 8.16. The van der Waals surface area contributed by atoms with E-state index in [2.05, 4.69) is 4.98 Å². The molecule has 7 heteroatoms. The maximum absolute atomic E-state index is 12.7. The summed E-state index contributed by atoms with van der Waals surface area (Å²) in [6, 6.07) is 0. The van der Waals surface area contributed by atoms with Gasteiger partial charge in [-0.3, -0.25) is 14.4 Å². The quantitative estimate of drug-likeness (QED) is 0.804. The molecule has 3 heterocycles. The molecule has 2 aliphatic carbocycles. The fraction of sp³-hybridized carbons (Fsp3) is 0.739. The van der Waals surface area contributed by atoms with Gasteiger partial charge in [-0.25, -0.2) is 4.98 Å². The number of amides is 2. The van der Waals surface area contributed by atoms with Crippen LogP contribution in [0, 0.1) is 11.8 Å². The molecule has 2 amide bonds. The summed E-state index contributed by atoms with van der Waals surface area (Å²) in [4.78, 5) is 49.3. The number of carbonyl (C=O) groups excluding carboxylic acids is 2. The Morgan fingerprint density at radius 2 is 1.83 bits per heavy atom. The van der Waals surface area contributed by atoms with E-state index in [0.29, 0.717) is 38.3 Å². The van der Waals surface area contributed by atoms with Crippen molar-refractivity contribution in [3.63, 3.8) is 0 Å². The topological polar surface area (TPSA) is 86.4 Å². The van der Waals surface area contributed by atoms with Crippen LogP contribution in [0.1, 0.15) is 80.8 Å². The molecule has 5 rings (SSSR count). The summed E-state index contributed by atoms with van der Waals surface area (Å²) in [7, 11) is 0. The summed E-state index contributed by atoms with van der Waals surface area (Å²) in [6.07, 6.45) is 10.2. The van der Waals surface area contributed by atoms with E-state index >= 15 is 0 Å². The van der Waals surface area contributed by atoms with E-state index in [9.17, 15) is 14.4 Å². The molecule has 3 fully saturated rings. The van der Waals surface area contributed by atoms with E-state index in [-0.39, 0.29) is 29.2 Å². The number of nitrogens with zero attached hydrogens (tertiary/aromatic N) is 3. The van der Waals surface area contributed by atoms with Crippen LogP contribution in [0.2, 0.25) is 0 Å². The third kappa shape index (κ3) is 4.03. The SMILES string of the molecule is O=C(CCC1CCCC1)N1CC[C@@H](c2nc3c(c(=O)[nH]2)CCN(C(=O)C2CC2)C3)C1. The summed E-state index contributed by atoms with van der Waals surface area (Å²) in [5.41, 5.74) is 1.40. The minimum absolute atomic E-state index is 0.0699.